The molecule has 0 radical (unpaired) electrons. The number of halogens is 4. The molecule has 0 fully saturated rings. The molecule has 0 saturated carbocycles. The molecule has 1 N–H and O–H groups in total. The largest absolute Gasteiger partial charge is 0.376 e. The predicted octanol–water partition coefficient (Wildman–Crippen LogP) is 0.853. The quantitative estimate of drug-likeness (QED) is 0.621. The van der Waals surface area contributed by atoms with Crippen molar-refractivity contribution in [2.24, 2.45) is 0 Å². The van der Waals surface area contributed by atoms with Crippen molar-refractivity contribution in [2.45, 2.75) is 12.5 Å². The lowest BCUT2D eigenvalue weighted by Crippen LogP contribution is -2.25. The lowest BCUT2D eigenvalue weighted by Gasteiger charge is -2.09. The fraction of sp³-hybridized carbons (Fsp3) is 1.00. The average Bonchev–Trinajstić information content (AvgIpc) is 1.81. The number of rotatable bonds is 4. The summed E-state index contributed by atoms with van der Waals surface area (Å²) in [5.41, 5.74) is 0. The van der Waals surface area contributed by atoms with Gasteiger partial charge in [-0.1, -0.05) is 0 Å². The summed E-state index contributed by atoms with van der Waals surface area (Å²) in [6, 6.07) is 0. The summed E-state index contributed by atoms with van der Waals surface area (Å²) in [6.07, 6.45) is -6.49. The normalized spacial score (nSPS) is 15.3. The number of ether oxygens (including phenoxy) is 1. The van der Waals surface area contributed by atoms with Gasteiger partial charge in [0, 0.05) is 0 Å². The fourth-order valence-corrected chi connectivity index (χ4v) is 0.235. The van der Waals surface area contributed by atoms with Crippen molar-refractivity contribution in [3.8, 4) is 0 Å². The second kappa shape index (κ2) is 3.72. The van der Waals surface area contributed by atoms with Crippen molar-refractivity contribution in [2.75, 3.05) is 13.3 Å². The van der Waals surface area contributed by atoms with E-state index in [-0.39, 0.29) is 0 Å². The molecule has 0 aromatic rings. The minimum Gasteiger partial charge on any atom is -0.337 e. The molecule has 0 rings (SSSR count). The molecule has 1 atom stereocenters. The highest BCUT2D eigenvalue weighted by Crippen LogP contribution is 2.09. The molecule has 1 unspecified atom stereocenters. The van der Waals surface area contributed by atoms with Gasteiger partial charge in [-0.2, -0.15) is 8.78 Å². The van der Waals surface area contributed by atoms with Gasteiger partial charge in [-0.05, 0) is 0 Å². The average molecular weight is 162 g/mol. The van der Waals surface area contributed by atoms with Crippen LogP contribution in [0.3, 0.4) is 0 Å². The highest BCUT2D eigenvalue weighted by atomic mass is 19.3. The zero-order valence-electron chi connectivity index (χ0n) is 4.86. The standard InChI is InChI=1S/C4H6F4O2/c5-1-3(6)10-2-4(7,8)9/h3,9H,1-2H2. The van der Waals surface area contributed by atoms with E-state index in [0.29, 0.717) is 0 Å². The summed E-state index contributed by atoms with van der Waals surface area (Å²) in [5.74, 6) is 0. The zero-order valence-corrected chi connectivity index (χ0v) is 4.86. The van der Waals surface area contributed by atoms with Crippen LogP contribution < -0.4 is 0 Å². The van der Waals surface area contributed by atoms with E-state index in [4.69, 9.17) is 5.11 Å². The molecule has 0 heterocycles. The van der Waals surface area contributed by atoms with E-state index < -0.39 is 25.7 Å². The molecule has 10 heavy (non-hydrogen) atoms. The van der Waals surface area contributed by atoms with Gasteiger partial charge in [0.25, 0.3) is 0 Å². The third-order valence-electron chi connectivity index (χ3n) is 0.559. The molecule has 0 bridgehead atoms. The van der Waals surface area contributed by atoms with Crippen molar-refractivity contribution in [1.29, 1.82) is 0 Å². The van der Waals surface area contributed by atoms with Crippen LogP contribution in [-0.2, 0) is 4.74 Å². The Morgan fingerprint density at radius 3 is 2.30 bits per heavy atom. The van der Waals surface area contributed by atoms with Crippen LogP contribution in [0.4, 0.5) is 17.6 Å². The monoisotopic (exact) mass is 162 g/mol. The van der Waals surface area contributed by atoms with Gasteiger partial charge < -0.3 is 9.84 Å². The number of hydrogen-bond donors (Lipinski definition) is 1. The smallest absolute Gasteiger partial charge is 0.337 e. The Labute approximate surface area is 54.4 Å². The van der Waals surface area contributed by atoms with Gasteiger partial charge in [0.1, 0.15) is 13.3 Å². The first-order valence-electron chi connectivity index (χ1n) is 2.37. The zero-order chi connectivity index (χ0) is 8.20. The summed E-state index contributed by atoms with van der Waals surface area (Å²) in [6.45, 7) is -3.03. The summed E-state index contributed by atoms with van der Waals surface area (Å²) in [7, 11) is 0. The maximum atomic E-state index is 11.6. The van der Waals surface area contributed by atoms with Crippen LogP contribution >= 0.6 is 0 Å². The first-order valence-corrected chi connectivity index (χ1v) is 2.37. The Morgan fingerprint density at radius 1 is 1.50 bits per heavy atom. The van der Waals surface area contributed by atoms with Crippen molar-refractivity contribution >= 4 is 0 Å². The number of hydrogen-bond acceptors (Lipinski definition) is 2. The molecule has 2 nitrogen and oxygen atoms in total. The van der Waals surface area contributed by atoms with Crippen molar-refractivity contribution < 1.29 is 27.4 Å². The fourth-order valence-electron chi connectivity index (χ4n) is 0.235. The first kappa shape index (κ1) is 9.64. The molecule has 0 aliphatic heterocycles. The Hall–Kier alpha value is -0.360. The molecule has 0 aliphatic carbocycles. The predicted molar refractivity (Wildman–Crippen MR) is 24.0 cm³/mol. The van der Waals surface area contributed by atoms with Crippen molar-refractivity contribution in [3.63, 3.8) is 0 Å². The molecular weight excluding hydrogens is 156 g/mol. The van der Waals surface area contributed by atoms with Gasteiger partial charge >= 0.3 is 6.11 Å². The van der Waals surface area contributed by atoms with E-state index in [1.807, 2.05) is 0 Å². The third kappa shape index (κ3) is 5.77. The number of alkyl halides is 4. The van der Waals surface area contributed by atoms with Gasteiger partial charge in [-0.3, -0.25) is 0 Å². The Bertz CT molecular complexity index is 91.7. The second-order valence-electron chi connectivity index (χ2n) is 1.54. The van der Waals surface area contributed by atoms with Crippen LogP contribution in [-0.4, -0.2) is 30.9 Å². The van der Waals surface area contributed by atoms with Gasteiger partial charge in [0.15, 0.2) is 0 Å². The molecule has 0 spiro atoms. The van der Waals surface area contributed by atoms with E-state index in [9.17, 15) is 17.6 Å². The SMILES string of the molecule is OC(F)(F)COC(F)CF. The molecule has 6 heteroatoms. The third-order valence-corrected chi connectivity index (χ3v) is 0.559. The Morgan fingerprint density at radius 2 is 2.00 bits per heavy atom. The maximum Gasteiger partial charge on any atom is 0.376 e. The first-order chi connectivity index (χ1) is 4.45. The van der Waals surface area contributed by atoms with Gasteiger partial charge in [-0.25, -0.2) is 8.78 Å². The summed E-state index contributed by atoms with van der Waals surface area (Å²) >= 11 is 0. The molecule has 0 aliphatic rings. The summed E-state index contributed by atoms with van der Waals surface area (Å²) in [4.78, 5) is 0. The maximum absolute atomic E-state index is 11.6. The van der Waals surface area contributed by atoms with E-state index >= 15 is 0 Å². The molecule has 0 aromatic carbocycles. The molecule has 0 saturated heterocycles. The van der Waals surface area contributed by atoms with Crippen LogP contribution in [0.2, 0.25) is 0 Å². The van der Waals surface area contributed by atoms with Crippen LogP contribution in [0.25, 0.3) is 0 Å². The van der Waals surface area contributed by atoms with Crippen molar-refractivity contribution in [3.05, 3.63) is 0 Å². The topological polar surface area (TPSA) is 29.5 Å². The van der Waals surface area contributed by atoms with Gasteiger partial charge in [-0.15, -0.1) is 0 Å². The molecule has 62 valence electrons. The highest BCUT2D eigenvalue weighted by molar-refractivity contribution is 4.45. The lowest BCUT2D eigenvalue weighted by atomic mass is 10.6. The Balaban J connectivity index is 3.36. The molecular formula is C4H6F4O2. The van der Waals surface area contributed by atoms with Gasteiger partial charge in [0.05, 0.1) is 0 Å². The van der Waals surface area contributed by atoms with Crippen LogP contribution in [0.15, 0.2) is 0 Å². The molecule has 0 aromatic heterocycles. The number of aliphatic hydroxyl groups is 1. The summed E-state index contributed by atoms with van der Waals surface area (Å²) in [5, 5.41) is 7.61. The Kier molecular flexibility index (Phi) is 3.59. The van der Waals surface area contributed by atoms with Crippen LogP contribution in [0.1, 0.15) is 0 Å². The van der Waals surface area contributed by atoms with Gasteiger partial charge in [0.2, 0.25) is 6.36 Å². The second-order valence-corrected chi connectivity index (χ2v) is 1.54. The molecule has 0 amide bonds. The summed E-state index contributed by atoms with van der Waals surface area (Å²) < 4.78 is 49.0. The van der Waals surface area contributed by atoms with E-state index in [2.05, 4.69) is 4.74 Å². The minimum absolute atomic E-state index is 1.50. The van der Waals surface area contributed by atoms with Crippen LogP contribution in [0.5, 0.6) is 0 Å². The lowest BCUT2D eigenvalue weighted by molar-refractivity contribution is -0.250. The van der Waals surface area contributed by atoms with E-state index in [1.165, 1.54) is 0 Å². The minimum atomic E-state index is -4.10. The highest BCUT2D eigenvalue weighted by Gasteiger charge is 2.26. The van der Waals surface area contributed by atoms with E-state index in [1.54, 1.807) is 0 Å². The van der Waals surface area contributed by atoms with Crippen molar-refractivity contribution in [1.82, 2.24) is 0 Å². The van der Waals surface area contributed by atoms with Crippen LogP contribution in [0, 0.1) is 0 Å². The van der Waals surface area contributed by atoms with E-state index in [0.717, 1.165) is 0 Å².